The normalized spacial score (nSPS) is 15.1. The van der Waals surface area contributed by atoms with Crippen LogP contribution in [-0.2, 0) is 10.0 Å². The van der Waals surface area contributed by atoms with Gasteiger partial charge in [0.05, 0.1) is 11.0 Å². The van der Waals surface area contributed by atoms with Crippen LogP contribution in [0.25, 0.3) is 0 Å². The predicted octanol–water partition coefficient (Wildman–Crippen LogP) is 2.67. The fourth-order valence-corrected chi connectivity index (χ4v) is 3.72. The first-order valence-electron chi connectivity index (χ1n) is 5.42. The lowest BCUT2D eigenvalue weighted by Crippen LogP contribution is -2.48. The fraction of sp³-hybridized carbons (Fsp3) is 0.417. The van der Waals surface area contributed by atoms with Crippen molar-refractivity contribution in [1.82, 2.24) is 4.72 Å². The number of sulfonamides is 1. The van der Waals surface area contributed by atoms with Crippen molar-refractivity contribution in [2.75, 3.05) is 0 Å². The van der Waals surface area contributed by atoms with Gasteiger partial charge in [0.1, 0.15) is 5.54 Å². The molecule has 1 rings (SSSR count). The molecule has 0 aliphatic heterocycles. The highest BCUT2D eigenvalue weighted by molar-refractivity contribution is 9.10. The van der Waals surface area contributed by atoms with E-state index in [2.05, 4.69) is 20.7 Å². The van der Waals surface area contributed by atoms with Crippen LogP contribution < -0.4 is 4.72 Å². The van der Waals surface area contributed by atoms with Crippen molar-refractivity contribution in [2.24, 2.45) is 5.92 Å². The van der Waals surface area contributed by atoms with Crippen LogP contribution in [0.3, 0.4) is 0 Å². The molecule has 0 radical (unpaired) electrons. The van der Waals surface area contributed by atoms with E-state index in [9.17, 15) is 8.42 Å². The predicted molar refractivity (Wildman–Crippen MR) is 73.3 cm³/mol. The summed E-state index contributed by atoms with van der Waals surface area (Å²) in [5.74, 6) is -0.139. The van der Waals surface area contributed by atoms with Crippen molar-refractivity contribution < 1.29 is 8.42 Å². The first-order valence-corrected chi connectivity index (χ1v) is 7.70. The average molecular weight is 331 g/mol. The van der Waals surface area contributed by atoms with Gasteiger partial charge in [-0.05, 0) is 40.9 Å². The highest BCUT2D eigenvalue weighted by Crippen LogP contribution is 2.24. The minimum absolute atomic E-state index is 0.132. The fourth-order valence-electron chi connectivity index (χ4n) is 1.27. The third-order valence-corrected chi connectivity index (χ3v) is 5.44. The van der Waals surface area contributed by atoms with Gasteiger partial charge in [0.15, 0.2) is 0 Å². The molecule has 1 aromatic rings. The average Bonchev–Trinajstić information content (AvgIpc) is 2.28. The highest BCUT2D eigenvalue weighted by atomic mass is 79.9. The number of nitriles is 1. The zero-order valence-corrected chi connectivity index (χ0v) is 12.8. The van der Waals surface area contributed by atoms with Crippen molar-refractivity contribution in [3.63, 3.8) is 0 Å². The summed E-state index contributed by atoms with van der Waals surface area (Å²) in [6.07, 6.45) is 0. The molecule has 98 valence electrons. The summed E-state index contributed by atoms with van der Waals surface area (Å²) in [5, 5.41) is 9.15. The Labute approximate surface area is 116 Å². The van der Waals surface area contributed by atoms with E-state index in [1.54, 1.807) is 39.0 Å². The zero-order chi connectivity index (χ0) is 14.0. The molecule has 0 aliphatic carbocycles. The van der Waals surface area contributed by atoms with E-state index in [1.165, 1.54) is 6.07 Å². The van der Waals surface area contributed by atoms with Crippen LogP contribution in [0.15, 0.2) is 33.6 Å². The van der Waals surface area contributed by atoms with Crippen LogP contribution in [0.2, 0.25) is 0 Å². The van der Waals surface area contributed by atoms with Gasteiger partial charge >= 0.3 is 0 Å². The molecule has 0 saturated carbocycles. The zero-order valence-electron chi connectivity index (χ0n) is 10.4. The van der Waals surface area contributed by atoms with Crippen molar-refractivity contribution in [3.8, 4) is 6.07 Å². The SMILES string of the molecule is CC(C)[C@](C)(C#N)NS(=O)(=O)c1ccccc1Br. The Morgan fingerprint density at radius 3 is 2.39 bits per heavy atom. The van der Waals surface area contributed by atoms with Crippen molar-refractivity contribution >= 4 is 26.0 Å². The molecule has 0 spiro atoms. The standard InChI is InChI=1S/C12H15BrN2O2S/c1-9(2)12(3,8-14)15-18(16,17)11-7-5-4-6-10(11)13/h4-7,9,15H,1-3H3/t12-/m0/s1. The van der Waals surface area contributed by atoms with Crippen molar-refractivity contribution in [1.29, 1.82) is 5.26 Å². The molecule has 0 bridgehead atoms. The smallest absolute Gasteiger partial charge is 0.207 e. The monoisotopic (exact) mass is 330 g/mol. The molecule has 18 heavy (non-hydrogen) atoms. The number of rotatable bonds is 4. The molecule has 0 unspecified atom stereocenters. The van der Waals surface area contributed by atoms with E-state index in [4.69, 9.17) is 5.26 Å². The van der Waals surface area contributed by atoms with Crippen LogP contribution in [0.5, 0.6) is 0 Å². The summed E-state index contributed by atoms with van der Waals surface area (Å²) in [6.45, 7) is 5.17. The Morgan fingerprint density at radius 2 is 1.94 bits per heavy atom. The Kier molecular flexibility index (Phi) is 4.54. The van der Waals surface area contributed by atoms with Gasteiger partial charge in [-0.25, -0.2) is 8.42 Å². The maximum Gasteiger partial charge on any atom is 0.243 e. The van der Waals surface area contributed by atoms with Crippen LogP contribution in [0.1, 0.15) is 20.8 Å². The maximum atomic E-state index is 12.2. The molecule has 0 fully saturated rings. The minimum atomic E-state index is -3.73. The van der Waals surface area contributed by atoms with Gasteiger partial charge in [-0.2, -0.15) is 9.98 Å². The molecule has 6 heteroatoms. The number of hydrogen-bond acceptors (Lipinski definition) is 3. The summed E-state index contributed by atoms with van der Waals surface area (Å²) in [4.78, 5) is 0.132. The molecule has 0 aliphatic rings. The maximum absolute atomic E-state index is 12.2. The van der Waals surface area contributed by atoms with E-state index in [0.717, 1.165) is 0 Å². The van der Waals surface area contributed by atoms with Crippen LogP contribution in [0, 0.1) is 17.2 Å². The molecule has 1 atom stereocenters. The first-order chi connectivity index (χ1) is 8.23. The summed E-state index contributed by atoms with van der Waals surface area (Å²) in [5.41, 5.74) is -1.13. The summed E-state index contributed by atoms with van der Waals surface area (Å²) >= 11 is 3.20. The number of hydrogen-bond donors (Lipinski definition) is 1. The summed E-state index contributed by atoms with van der Waals surface area (Å²) in [7, 11) is -3.73. The lowest BCUT2D eigenvalue weighted by atomic mass is 9.92. The van der Waals surface area contributed by atoms with E-state index in [-0.39, 0.29) is 10.8 Å². The van der Waals surface area contributed by atoms with Crippen molar-refractivity contribution in [3.05, 3.63) is 28.7 Å². The van der Waals surface area contributed by atoms with E-state index in [0.29, 0.717) is 4.47 Å². The van der Waals surface area contributed by atoms with E-state index < -0.39 is 15.6 Å². The second-order valence-electron chi connectivity index (χ2n) is 4.50. The number of benzene rings is 1. The second kappa shape index (κ2) is 5.39. The minimum Gasteiger partial charge on any atom is -0.207 e. The lowest BCUT2D eigenvalue weighted by molar-refractivity contribution is 0.388. The van der Waals surface area contributed by atoms with Gasteiger partial charge < -0.3 is 0 Å². The number of nitrogens with one attached hydrogen (secondary N) is 1. The van der Waals surface area contributed by atoms with Gasteiger partial charge in [0, 0.05) is 4.47 Å². The largest absolute Gasteiger partial charge is 0.243 e. The topological polar surface area (TPSA) is 70.0 Å². The van der Waals surface area contributed by atoms with Gasteiger partial charge in [-0.1, -0.05) is 26.0 Å². The summed E-state index contributed by atoms with van der Waals surface area (Å²) in [6, 6.07) is 8.52. The molecular formula is C12H15BrN2O2S. The molecule has 1 N–H and O–H groups in total. The van der Waals surface area contributed by atoms with Gasteiger partial charge in [-0.15, -0.1) is 0 Å². The molecule has 0 heterocycles. The Balaban J connectivity index is 3.19. The highest BCUT2D eigenvalue weighted by Gasteiger charge is 2.34. The van der Waals surface area contributed by atoms with Gasteiger partial charge in [0.25, 0.3) is 0 Å². The van der Waals surface area contributed by atoms with Crippen LogP contribution in [0.4, 0.5) is 0 Å². The molecule has 0 saturated heterocycles. The molecule has 1 aromatic carbocycles. The number of nitrogens with zero attached hydrogens (tertiary/aromatic N) is 1. The third-order valence-electron chi connectivity index (χ3n) is 2.86. The summed E-state index contributed by atoms with van der Waals surface area (Å²) < 4.78 is 27.4. The van der Waals surface area contributed by atoms with Gasteiger partial charge in [-0.3, -0.25) is 0 Å². The molecular weight excluding hydrogens is 316 g/mol. The Bertz CT molecular complexity index is 578. The number of halogens is 1. The van der Waals surface area contributed by atoms with Crippen molar-refractivity contribution in [2.45, 2.75) is 31.2 Å². The Morgan fingerprint density at radius 1 is 1.39 bits per heavy atom. The van der Waals surface area contributed by atoms with E-state index >= 15 is 0 Å². The molecule has 4 nitrogen and oxygen atoms in total. The Hall–Kier alpha value is -0.900. The van der Waals surface area contributed by atoms with Gasteiger partial charge in [0.2, 0.25) is 10.0 Å². The third kappa shape index (κ3) is 3.10. The second-order valence-corrected chi connectivity index (χ2v) is 7.01. The quantitative estimate of drug-likeness (QED) is 0.922. The van der Waals surface area contributed by atoms with Crippen LogP contribution >= 0.6 is 15.9 Å². The lowest BCUT2D eigenvalue weighted by Gasteiger charge is -2.27. The van der Waals surface area contributed by atoms with E-state index in [1.807, 2.05) is 6.07 Å². The molecule has 0 aromatic heterocycles. The first kappa shape index (κ1) is 15.2. The molecule has 0 amide bonds. The van der Waals surface area contributed by atoms with Crippen LogP contribution in [-0.4, -0.2) is 14.0 Å².